The van der Waals surface area contributed by atoms with E-state index in [1.807, 2.05) is 26.0 Å². The standard InChI is InChI=1S/C21H24FN3O.C13H19N.C2H6/c1-4-6-17(13-25-20(12-23)15(3)26)18-7-5-10-24-21(18)16-8-9-19(22)14(2)11-16;1-4-5-6-10-9-14-12-11(10)7-8-13(12,2)3;1-2/h5,7-13,25H,4,6,23H2,1-3H3;7-9,14H,4-6H2,1-3H3;1-2H3/b17-13+,20-12-;;. The molecule has 4 N–H and O–H groups in total. The van der Waals surface area contributed by atoms with Gasteiger partial charge in [-0.2, -0.15) is 0 Å². The number of carbonyl (C=O) groups excluding carboxylic acids is 1. The van der Waals surface area contributed by atoms with Gasteiger partial charge in [-0.1, -0.05) is 72.6 Å². The number of fused-ring (bicyclic) bond motifs is 1. The van der Waals surface area contributed by atoms with E-state index in [1.165, 1.54) is 55.3 Å². The highest BCUT2D eigenvalue weighted by atomic mass is 19.1. The third-order valence-electron chi connectivity index (χ3n) is 7.17. The maximum atomic E-state index is 13.6. The lowest BCUT2D eigenvalue weighted by Crippen LogP contribution is -2.15. The van der Waals surface area contributed by atoms with Gasteiger partial charge >= 0.3 is 0 Å². The summed E-state index contributed by atoms with van der Waals surface area (Å²) in [6, 6.07) is 8.81. The molecule has 5 nitrogen and oxygen atoms in total. The van der Waals surface area contributed by atoms with Crippen LogP contribution in [0.2, 0.25) is 0 Å². The zero-order valence-electron chi connectivity index (χ0n) is 26.7. The van der Waals surface area contributed by atoms with Crippen LogP contribution in [-0.2, 0) is 16.6 Å². The lowest BCUT2D eigenvalue weighted by Gasteiger charge is -2.14. The predicted octanol–water partition coefficient (Wildman–Crippen LogP) is 9.00. The third-order valence-corrected chi connectivity index (χ3v) is 7.17. The first kappa shape index (κ1) is 34.3. The molecule has 0 radical (unpaired) electrons. The lowest BCUT2D eigenvalue weighted by atomic mass is 9.92. The summed E-state index contributed by atoms with van der Waals surface area (Å²) in [5.41, 5.74) is 14.5. The van der Waals surface area contributed by atoms with Crippen molar-refractivity contribution in [1.29, 1.82) is 0 Å². The number of carbonyl (C=O) groups is 1. The molecule has 1 aromatic carbocycles. The number of hydrogen-bond donors (Lipinski definition) is 3. The number of allylic oxidation sites excluding steroid dienone is 3. The molecule has 0 amide bonds. The van der Waals surface area contributed by atoms with Crippen molar-refractivity contribution in [2.75, 3.05) is 0 Å². The second kappa shape index (κ2) is 16.5. The summed E-state index contributed by atoms with van der Waals surface area (Å²) in [6.45, 7) is 16.0. The number of halogens is 1. The quantitative estimate of drug-likeness (QED) is 0.212. The van der Waals surface area contributed by atoms with Crippen LogP contribution in [0.1, 0.15) is 102 Å². The van der Waals surface area contributed by atoms with Crippen molar-refractivity contribution >= 4 is 17.4 Å². The molecule has 0 saturated heterocycles. The van der Waals surface area contributed by atoms with E-state index in [0.29, 0.717) is 11.3 Å². The Labute approximate surface area is 252 Å². The molecule has 0 aliphatic heterocycles. The van der Waals surface area contributed by atoms with Crippen molar-refractivity contribution in [3.8, 4) is 11.3 Å². The highest BCUT2D eigenvalue weighted by molar-refractivity contribution is 5.93. The maximum absolute atomic E-state index is 13.6. The number of H-pyrrole nitrogens is 1. The number of Topliss-reactive ketones (excluding diaryl/α,β-unsaturated/α-hetero) is 1. The Morgan fingerprint density at radius 1 is 1.17 bits per heavy atom. The van der Waals surface area contributed by atoms with Crippen molar-refractivity contribution in [2.24, 2.45) is 5.73 Å². The highest BCUT2D eigenvalue weighted by Crippen LogP contribution is 2.36. The van der Waals surface area contributed by atoms with Gasteiger partial charge in [-0.25, -0.2) is 4.39 Å². The predicted molar refractivity (Wildman–Crippen MR) is 176 cm³/mol. The summed E-state index contributed by atoms with van der Waals surface area (Å²) in [5, 5.41) is 2.99. The van der Waals surface area contributed by atoms with Gasteiger partial charge in [-0.3, -0.25) is 9.78 Å². The van der Waals surface area contributed by atoms with Crippen molar-refractivity contribution in [3.05, 3.63) is 101 Å². The van der Waals surface area contributed by atoms with Gasteiger partial charge in [0.2, 0.25) is 0 Å². The van der Waals surface area contributed by atoms with E-state index in [1.54, 1.807) is 31.5 Å². The summed E-state index contributed by atoms with van der Waals surface area (Å²) < 4.78 is 13.6. The minimum Gasteiger partial charge on any atom is -0.403 e. The van der Waals surface area contributed by atoms with Crippen molar-refractivity contribution in [3.63, 3.8) is 0 Å². The summed E-state index contributed by atoms with van der Waals surface area (Å²) in [4.78, 5) is 19.5. The van der Waals surface area contributed by atoms with E-state index in [2.05, 4.69) is 61.3 Å². The summed E-state index contributed by atoms with van der Waals surface area (Å²) in [6.07, 6.45) is 17.0. The molecule has 0 saturated carbocycles. The molecule has 2 aromatic heterocycles. The van der Waals surface area contributed by atoms with Crippen LogP contribution in [0.25, 0.3) is 22.9 Å². The number of unbranched alkanes of at least 4 members (excludes halogenated alkanes) is 1. The van der Waals surface area contributed by atoms with Crippen LogP contribution in [0.5, 0.6) is 0 Å². The average Bonchev–Trinajstić information content (AvgIpc) is 3.54. The van der Waals surface area contributed by atoms with Crippen LogP contribution in [0.3, 0.4) is 0 Å². The first-order valence-corrected chi connectivity index (χ1v) is 15.1. The molecule has 4 rings (SSSR count). The number of pyridine rings is 1. The Hall–Kier alpha value is -3.93. The number of nitrogens with two attached hydrogens (primary N) is 1. The number of aromatic nitrogens is 2. The number of nitrogens with zero attached hydrogens (tertiary/aromatic N) is 1. The van der Waals surface area contributed by atoms with Gasteiger partial charge in [0.25, 0.3) is 0 Å². The number of benzene rings is 1. The van der Waals surface area contributed by atoms with E-state index in [4.69, 9.17) is 5.73 Å². The van der Waals surface area contributed by atoms with Crippen LogP contribution in [0.4, 0.5) is 4.39 Å². The van der Waals surface area contributed by atoms with E-state index >= 15 is 0 Å². The van der Waals surface area contributed by atoms with Gasteiger partial charge in [0.15, 0.2) is 5.78 Å². The topological polar surface area (TPSA) is 83.8 Å². The zero-order chi connectivity index (χ0) is 31.3. The van der Waals surface area contributed by atoms with Gasteiger partial charge in [0.1, 0.15) is 5.82 Å². The molecule has 226 valence electrons. The van der Waals surface area contributed by atoms with Gasteiger partial charge in [0.05, 0.1) is 11.4 Å². The van der Waals surface area contributed by atoms with E-state index in [0.717, 1.165) is 35.2 Å². The fourth-order valence-corrected chi connectivity index (χ4v) is 4.82. The van der Waals surface area contributed by atoms with Crippen LogP contribution in [-0.4, -0.2) is 15.8 Å². The molecule has 1 aliphatic carbocycles. The molecule has 0 bridgehead atoms. The Morgan fingerprint density at radius 2 is 1.90 bits per heavy atom. The first-order chi connectivity index (χ1) is 20.1. The molecule has 42 heavy (non-hydrogen) atoms. The molecule has 2 heterocycles. The Balaban J connectivity index is 0.000000322. The van der Waals surface area contributed by atoms with Crippen molar-refractivity contribution in [2.45, 2.75) is 92.9 Å². The first-order valence-electron chi connectivity index (χ1n) is 15.1. The Morgan fingerprint density at radius 3 is 2.52 bits per heavy atom. The summed E-state index contributed by atoms with van der Waals surface area (Å²) >= 11 is 0. The average molecular weight is 573 g/mol. The number of ketones is 1. The van der Waals surface area contributed by atoms with Gasteiger partial charge in [0, 0.05) is 54.0 Å². The van der Waals surface area contributed by atoms with Gasteiger partial charge in [-0.05, 0) is 72.7 Å². The Kier molecular flexibility index (Phi) is 13.5. The largest absolute Gasteiger partial charge is 0.403 e. The van der Waals surface area contributed by atoms with Crippen LogP contribution >= 0.6 is 0 Å². The minimum absolute atomic E-state index is 0.139. The van der Waals surface area contributed by atoms with E-state index in [-0.39, 0.29) is 17.0 Å². The van der Waals surface area contributed by atoms with Gasteiger partial charge < -0.3 is 16.0 Å². The number of aryl methyl sites for hydroxylation is 2. The molecule has 0 atom stereocenters. The zero-order valence-corrected chi connectivity index (χ0v) is 26.7. The molecule has 1 aliphatic rings. The molecular formula is C36H49FN4O. The van der Waals surface area contributed by atoms with Crippen molar-refractivity contribution in [1.82, 2.24) is 15.3 Å². The SMILES string of the molecule is CC.CCC/C(=C\N/C(=C\N)C(C)=O)c1cccnc1-c1ccc(F)c(C)c1.CCCCc1c[nH]c2c1C=CC2(C)C. The molecule has 6 heteroatoms. The van der Waals surface area contributed by atoms with Crippen LogP contribution in [0, 0.1) is 12.7 Å². The lowest BCUT2D eigenvalue weighted by molar-refractivity contribution is -0.113. The minimum atomic E-state index is -0.239. The second-order valence-corrected chi connectivity index (χ2v) is 10.8. The monoisotopic (exact) mass is 572 g/mol. The number of hydrogen-bond acceptors (Lipinski definition) is 4. The molecule has 0 fully saturated rings. The van der Waals surface area contributed by atoms with E-state index < -0.39 is 0 Å². The Bertz CT molecular complexity index is 1410. The summed E-state index contributed by atoms with van der Waals surface area (Å²) in [5.74, 6) is -0.378. The highest BCUT2D eigenvalue weighted by Gasteiger charge is 2.27. The third kappa shape index (κ3) is 8.78. The smallest absolute Gasteiger partial charge is 0.177 e. The number of aromatic amines is 1. The number of rotatable bonds is 10. The van der Waals surface area contributed by atoms with Gasteiger partial charge in [-0.15, -0.1) is 0 Å². The van der Waals surface area contributed by atoms with Crippen LogP contribution in [0.15, 0.2) is 66.9 Å². The van der Waals surface area contributed by atoms with E-state index in [9.17, 15) is 9.18 Å². The molecule has 0 spiro atoms. The number of nitrogens with one attached hydrogen (secondary N) is 2. The van der Waals surface area contributed by atoms with Crippen LogP contribution < -0.4 is 11.1 Å². The maximum Gasteiger partial charge on any atom is 0.177 e. The fourth-order valence-electron chi connectivity index (χ4n) is 4.82. The normalized spacial score (nSPS) is 13.5. The molecular weight excluding hydrogens is 523 g/mol. The fraction of sp³-hybridized carbons (Fsp3) is 0.389. The molecule has 3 aromatic rings. The van der Waals surface area contributed by atoms with Crippen molar-refractivity contribution < 1.29 is 9.18 Å². The molecule has 0 unspecified atom stereocenters. The second-order valence-electron chi connectivity index (χ2n) is 10.8. The summed E-state index contributed by atoms with van der Waals surface area (Å²) in [7, 11) is 0.